The van der Waals surface area contributed by atoms with Crippen LogP contribution in [0.15, 0.2) is 0 Å². The van der Waals surface area contributed by atoms with Crippen LogP contribution in [0.5, 0.6) is 0 Å². The van der Waals surface area contributed by atoms with E-state index >= 15 is 0 Å². The van der Waals surface area contributed by atoms with Crippen molar-refractivity contribution in [1.29, 1.82) is 0 Å². The molecule has 0 aromatic rings. The number of rotatable bonds is 5. The van der Waals surface area contributed by atoms with Gasteiger partial charge in [0.05, 0.1) is 0 Å². The van der Waals surface area contributed by atoms with Crippen LogP contribution in [0.3, 0.4) is 0 Å². The normalized spacial score (nSPS) is 25.4. The molecule has 0 atom stereocenters. The minimum atomic E-state index is -0.180. The number of hydrogen-bond acceptors (Lipinski definition) is 2. The summed E-state index contributed by atoms with van der Waals surface area (Å²) >= 11 is 0. The average molecular weight is 253 g/mol. The molecule has 0 saturated heterocycles. The maximum Gasteiger partial charge on any atom is 0.139 e. The number of carbonyl (C=O) groups is 1. The van der Waals surface area contributed by atoms with E-state index in [9.17, 15) is 4.79 Å². The van der Waals surface area contributed by atoms with Gasteiger partial charge in [0.1, 0.15) is 5.78 Å². The molecule has 106 valence electrons. The molecule has 0 spiro atoms. The Balaban J connectivity index is 2.29. The molecule has 0 aromatic carbocycles. The fraction of sp³-hybridized carbons (Fsp3) is 0.938. The van der Waals surface area contributed by atoms with Gasteiger partial charge in [-0.1, -0.05) is 34.1 Å². The van der Waals surface area contributed by atoms with Crippen molar-refractivity contribution in [3.8, 4) is 0 Å². The van der Waals surface area contributed by atoms with Gasteiger partial charge in [-0.15, -0.1) is 0 Å². The lowest BCUT2D eigenvalue weighted by molar-refractivity contribution is -0.126. The van der Waals surface area contributed by atoms with E-state index < -0.39 is 0 Å². The molecule has 1 saturated carbocycles. The summed E-state index contributed by atoms with van der Waals surface area (Å²) < 4.78 is 0. The van der Waals surface area contributed by atoms with Crippen molar-refractivity contribution in [3.05, 3.63) is 0 Å². The molecule has 18 heavy (non-hydrogen) atoms. The summed E-state index contributed by atoms with van der Waals surface area (Å²) in [7, 11) is 2.19. The Labute approximate surface area is 113 Å². The lowest BCUT2D eigenvalue weighted by Gasteiger charge is -2.34. The second-order valence-corrected chi connectivity index (χ2v) is 6.99. The van der Waals surface area contributed by atoms with E-state index in [1.807, 2.05) is 20.8 Å². The number of Topliss-reactive ketones (excluding diaryl/α,β-unsaturated/α-hetero) is 1. The zero-order valence-corrected chi connectivity index (χ0v) is 13.0. The zero-order chi connectivity index (χ0) is 13.8. The van der Waals surface area contributed by atoms with E-state index in [1.165, 1.54) is 32.1 Å². The standard InChI is InChI=1S/C16H31NO/c1-6-13-7-9-14(10-8-13)17(5)12-11-15(18)16(2,3)4/h13-14H,6-12H2,1-5H3. The van der Waals surface area contributed by atoms with Gasteiger partial charge in [0.25, 0.3) is 0 Å². The summed E-state index contributed by atoms with van der Waals surface area (Å²) in [4.78, 5) is 14.3. The van der Waals surface area contributed by atoms with Crippen molar-refractivity contribution in [2.45, 2.75) is 72.3 Å². The molecule has 0 radical (unpaired) electrons. The number of carbonyl (C=O) groups excluding carboxylic acids is 1. The molecule has 1 rings (SSSR count). The first-order valence-corrected chi connectivity index (χ1v) is 7.58. The van der Waals surface area contributed by atoms with Gasteiger partial charge in [-0.05, 0) is 38.6 Å². The smallest absolute Gasteiger partial charge is 0.139 e. The Hall–Kier alpha value is -0.370. The van der Waals surface area contributed by atoms with Crippen molar-refractivity contribution >= 4 is 5.78 Å². The maximum absolute atomic E-state index is 11.9. The van der Waals surface area contributed by atoms with E-state index in [-0.39, 0.29) is 5.41 Å². The maximum atomic E-state index is 11.9. The molecule has 0 unspecified atom stereocenters. The van der Waals surface area contributed by atoms with Gasteiger partial charge in [0.15, 0.2) is 0 Å². The minimum absolute atomic E-state index is 0.180. The highest BCUT2D eigenvalue weighted by atomic mass is 16.1. The lowest BCUT2D eigenvalue weighted by atomic mass is 9.84. The SMILES string of the molecule is CCC1CCC(N(C)CCC(=O)C(C)(C)C)CC1. The Morgan fingerprint density at radius 3 is 2.17 bits per heavy atom. The van der Waals surface area contributed by atoms with Crippen LogP contribution < -0.4 is 0 Å². The van der Waals surface area contributed by atoms with Crippen molar-refractivity contribution in [1.82, 2.24) is 4.90 Å². The monoisotopic (exact) mass is 253 g/mol. The number of ketones is 1. The summed E-state index contributed by atoms with van der Waals surface area (Å²) in [6, 6.07) is 0.709. The molecule has 1 aliphatic rings. The molecular weight excluding hydrogens is 222 g/mol. The third kappa shape index (κ3) is 4.72. The first-order valence-electron chi connectivity index (χ1n) is 7.58. The van der Waals surface area contributed by atoms with Gasteiger partial charge < -0.3 is 4.90 Å². The zero-order valence-electron chi connectivity index (χ0n) is 13.0. The summed E-state index contributed by atoms with van der Waals surface area (Å²) in [6.45, 7) is 9.28. The fourth-order valence-corrected chi connectivity index (χ4v) is 2.83. The van der Waals surface area contributed by atoms with Crippen LogP contribution in [0.1, 0.15) is 66.2 Å². The van der Waals surface area contributed by atoms with Crippen LogP contribution in [0, 0.1) is 11.3 Å². The van der Waals surface area contributed by atoms with E-state index in [0.29, 0.717) is 18.2 Å². The van der Waals surface area contributed by atoms with Crippen molar-refractivity contribution in [3.63, 3.8) is 0 Å². The molecule has 2 heteroatoms. The number of nitrogens with zero attached hydrogens (tertiary/aromatic N) is 1. The summed E-state index contributed by atoms with van der Waals surface area (Å²) in [5, 5.41) is 0. The third-order valence-corrected chi connectivity index (χ3v) is 4.55. The van der Waals surface area contributed by atoms with Crippen LogP contribution in [0.25, 0.3) is 0 Å². The highest BCUT2D eigenvalue weighted by molar-refractivity contribution is 5.83. The van der Waals surface area contributed by atoms with E-state index in [4.69, 9.17) is 0 Å². The highest BCUT2D eigenvalue weighted by Gasteiger charge is 2.25. The molecule has 0 aromatic heterocycles. The van der Waals surface area contributed by atoms with Gasteiger partial charge >= 0.3 is 0 Å². The van der Waals surface area contributed by atoms with Crippen LogP contribution in [0.2, 0.25) is 0 Å². The Kier molecular flexibility index (Phi) is 5.84. The fourth-order valence-electron chi connectivity index (χ4n) is 2.83. The average Bonchev–Trinajstić information content (AvgIpc) is 2.34. The summed E-state index contributed by atoms with van der Waals surface area (Å²) in [6.07, 6.45) is 7.42. The van der Waals surface area contributed by atoms with Crippen molar-refractivity contribution in [2.24, 2.45) is 11.3 Å². The Bertz CT molecular complexity index is 259. The Morgan fingerprint density at radius 1 is 1.17 bits per heavy atom. The summed E-state index contributed by atoms with van der Waals surface area (Å²) in [5.74, 6) is 1.34. The predicted molar refractivity (Wildman–Crippen MR) is 77.7 cm³/mol. The first-order chi connectivity index (χ1) is 8.34. The molecule has 0 bridgehead atoms. The van der Waals surface area contributed by atoms with Crippen LogP contribution in [-0.4, -0.2) is 30.3 Å². The van der Waals surface area contributed by atoms with E-state index in [1.54, 1.807) is 0 Å². The highest BCUT2D eigenvalue weighted by Crippen LogP contribution is 2.29. The van der Waals surface area contributed by atoms with Crippen molar-refractivity contribution in [2.75, 3.05) is 13.6 Å². The quantitative estimate of drug-likeness (QED) is 0.741. The largest absolute Gasteiger partial charge is 0.303 e. The second-order valence-electron chi connectivity index (χ2n) is 6.99. The minimum Gasteiger partial charge on any atom is -0.303 e. The van der Waals surface area contributed by atoms with Crippen LogP contribution in [-0.2, 0) is 4.79 Å². The predicted octanol–water partition coefficient (Wildman–Crippen LogP) is 3.89. The van der Waals surface area contributed by atoms with Crippen LogP contribution in [0.4, 0.5) is 0 Å². The molecular formula is C16H31NO. The molecule has 1 fully saturated rings. The van der Waals surface area contributed by atoms with Gasteiger partial charge in [0, 0.05) is 24.4 Å². The molecule has 2 nitrogen and oxygen atoms in total. The summed E-state index contributed by atoms with van der Waals surface area (Å²) in [5.41, 5.74) is -0.180. The van der Waals surface area contributed by atoms with Gasteiger partial charge in [-0.3, -0.25) is 4.79 Å². The van der Waals surface area contributed by atoms with E-state index in [2.05, 4.69) is 18.9 Å². The number of hydrogen-bond donors (Lipinski definition) is 0. The van der Waals surface area contributed by atoms with E-state index in [0.717, 1.165) is 12.5 Å². The molecule has 0 heterocycles. The van der Waals surface area contributed by atoms with Crippen molar-refractivity contribution < 1.29 is 4.79 Å². The van der Waals surface area contributed by atoms with Crippen LogP contribution >= 0.6 is 0 Å². The van der Waals surface area contributed by atoms with Gasteiger partial charge in [-0.2, -0.15) is 0 Å². The Morgan fingerprint density at radius 2 is 1.72 bits per heavy atom. The van der Waals surface area contributed by atoms with Gasteiger partial charge in [0.2, 0.25) is 0 Å². The molecule has 0 N–H and O–H groups in total. The topological polar surface area (TPSA) is 20.3 Å². The second kappa shape index (κ2) is 6.70. The van der Waals surface area contributed by atoms with Gasteiger partial charge in [-0.25, -0.2) is 0 Å². The third-order valence-electron chi connectivity index (χ3n) is 4.55. The first kappa shape index (κ1) is 15.7. The molecule has 0 aliphatic heterocycles. The molecule has 0 amide bonds. The molecule has 1 aliphatic carbocycles. The lowest BCUT2D eigenvalue weighted by Crippen LogP contribution is -2.37.